The Morgan fingerprint density at radius 3 is 2.86 bits per heavy atom. The minimum atomic E-state index is -3.08. The summed E-state index contributed by atoms with van der Waals surface area (Å²) in [5.41, 5.74) is 2.23. The van der Waals surface area contributed by atoms with Crippen molar-refractivity contribution in [2.75, 3.05) is 35.8 Å². The molecule has 0 saturated carbocycles. The Morgan fingerprint density at radius 2 is 2.14 bits per heavy atom. The number of anilines is 1. The molecule has 1 heterocycles. The molecule has 0 radical (unpaired) electrons. The van der Waals surface area contributed by atoms with Gasteiger partial charge in [-0.05, 0) is 24.6 Å². The maximum Gasteiger partial charge on any atom is 0.169 e. The molecule has 4 nitrogen and oxygen atoms in total. The van der Waals surface area contributed by atoms with Gasteiger partial charge in [-0.3, -0.25) is 0 Å². The van der Waals surface area contributed by atoms with Crippen molar-refractivity contribution in [3.05, 3.63) is 29.8 Å². The van der Waals surface area contributed by atoms with Crippen LogP contribution in [-0.4, -0.2) is 44.6 Å². The van der Waals surface area contributed by atoms with E-state index in [1.54, 1.807) is 11.8 Å². The molecule has 0 bridgehead atoms. The molecule has 1 aromatic carbocycles. The van der Waals surface area contributed by atoms with E-state index in [9.17, 15) is 8.42 Å². The van der Waals surface area contributed by atoms with E-state index in [0.717, 1.165) is 37.5 Å². The van der Waals surface area contributed by atoms with Gasteiger partial charge in [-0.2, -0.15) is 11.8 Å². The molecule has 1 unspecified atom stereocenters. The first kappa shape index (κ1) is 16.6. The Kier molecular flexibility index (Phi) is 5.96. The highest BCUT2D eigenvalue weighted by Gasteiger charge is 2.31. The van der Waals surface area contributed by atoms with E-state index >= 15 is 0 Å². The summed E-state index contributed by atoms with van der Waals surface area (Å²) in [6.07, 6.45) is 2.43. The average Bonchev–Trinajstić information content (AvgIpc) is 2.47. The Labute approximate surface area is 132 Å². The lowest BCUT2D eigenvalue weighted by molar-refractivity contribution is 0.584. The molecular weight excluding hydrogens is 304 g/mol. The van der Waals surface area contributed by atoms with Crippen LogP contribution in [0.25, 0.3) is 0 Å². The van der Waals surface area contributed by atoms with Gasteiger partial charge in [0.1, 0.15) is 5.37 Å². The lowest BCUT2D eigenvalue weighted by Gasteiger charge is -2.37. The highest BCUT2D eigenvalue weighted by atomic mass is 32.2. The second kappa shape index (κ2) is 7.51. The van der Waals surface area contributed by atoms with Gasteiger partial charge >= 0.3 is 0 Å². The fourth-order valence-corrected chi connectivity index (χ4v) is 5.38. The molecule has 1 saturated heterocycles. The number of nitrogens with zero attached hydrogens (tertiary/aromatic N) is 1. The molecule has 0 aliphatic carbocycles. The van der Waals surface area contributed by atoms with Gasteiger partial charge in [0.25, 0.3) is 0 Å². The molecule has 0 aromatic heterocycles. The van der Waals surface area contributed by atoms with Gasteiger partial charge < -0.3 is 10.2 Å². The van der Waals surface area contributed by atoms with Crippen molar-refractivity contribution in [2.24, 2.45) is 0 Å². The van der Waals surface area contributed by atoms with Gasteiger partial charge in [-0.15, -0.1) is 0 Å². The first-order valence-electron chi connectivity index (χ1n) is 7.36. The fraction of sp³-hybridized carbons (Fsp3) is 0.600. The van der Waals surface area contributed by atoms with Crippen LogP contribution in [0.15, 0.2) is 24.3 Å². The third kappa shape index (κ3) is 4.37. The lowest BCUT2D eigenvalue weighted by Crippen LogP contribution is -2.47. The summed E-state index contributed by atoms with van der Waals surface area (Å²) in [6, 6.07) is 8.12. The predicted octanol–water partition coefficient (Wildman–Crippen LogP) is 2.11. The summed E-state index contributed by atoms with van der Waals surface area (Å²) >= 11 is 1.72. The molecule has 21 heavy (non-hydrogen) atoms. The number of hydrogen-bond donors (Lipinski definition) is 1. The molecule has 6 heteroatoms. The highest BCUT2D eigenvalue weighted by molar-refractivity contribution is 8.01. The summed E-state index contributed by atoms with van der Waals surface area (Å²) in [5.74, 6) is 1.62. The Hall–Kier alpha value is -0.720. The van der Waals surface area contributed by atoms with Crippen molar-refractivity contribution in [3.63, 3.8) is 0 Å². The molecule has 2 rings (SSSR count). The van der Waals surface area contributed by atoms with Gasteiger partial charge in [0.15, 0.2) is 9.84 Å². The summed E-state index contributed by atoms with van der Waals surface area (Å²) < 4.78 is 24.1. The smallest absolute Gasteiger partial charge is 0.169 e. The number of rotatable bonds is 6. The highest BCUT2D eigenvalue weighted by Crippen LogP contribution is 2.29. The molecule has 1 N–H and O–H groups in total. The van der Waals surface area contributed by atoms with Gasteiger partial charge in [0.05, 0.1) is 0 Å². The SMILES string of the molecule is CCCNCc1ccccc1N1CCSCC1S(C)(=O)=O. The quantitative estimate of drug-likeness (QED) is 0.811. The van der Waals surface area contributed by atoms with E-state index in [1.807, 2.05) is 18.2 Å². The van der Waals surface area contributed by atoms with E-state index in [-0.39, 0.29) is 0 Å². The number of hydrogen-bond acceptors (Lipinski definition) is 5. The van der Waals surface area contributed by atoms with Crippen molar-refractivity contribution in [3.8, 4) is 0 Å². The van der Waals surface area contributed by atoms with Gasteiger partial charge in [0, 0.05) is 36.5 Å². The summed E-state index contributed by atoms with van der Waals surface area (Å²) in [6.45, 7) is 4.68. The zero-order valence-corrected chi connectivity index (χ0v) is 14.3. The Morgan fingerprint density at radius 1 is 1.38 bits per heavy atom. The zero-order chi connectivity index (χ0) is 15.3. The molecule has 1 atom stereocenters. The molecule has 118 valence electrons. The molecular formula is C15H24N2O2S2. The van der Waals surface area contributed by atoms with Crippen LogP contribution in [-0.2, 0) is 16.4 Å². The van der Waals surface area contributed by atoms with E-state index in [2.05, 4.69) is 23.2 Å². The Balaban J connectivity index is 2.26. The first-order chi connectivity index (χ1) is 10.0. The van der Waals surface area contributed by atoms with Crippen LogP contribution in [0.4, 0.5) is 5.69 Å². The van der Waals surface area contributed by atoms with Crippen molar-refractivity contribution in [2.45, 2.75) is 25.3 Å². The average molecular weight is 329 g/mol. The van der Waals surface area contributed by atoms with Gasteiger partial charge in [-0.25, -0.2) is 8.42 Å². The maximum absolute atomic E-state index is 12.1. The lowest BCUT2D eigenvalue weighted by atomic mass is 10.1. The first-order valence-corrected chi connectivity index (χ1v) is 10.5. The maximum atomic E-state index is 12.1. The van der Waals surface area contributed by atoms with Crippen molar-refractivity contribution < 1.29 is 8.42 Å². The topological polar surface area (TPSA) is 49.4 Å². The van der Waals surface area contributed by atoms with E-state index in [4.69, 9.17) is 0 Å². The number of para-hydroxylation sites is 1. The molecule has 1 fully saturated rings. The van der Waals surface area contributed by atoms with Gasteiger partial charge in [-0.1, -0.05) is 25.1 Å². The molecule has 0 amide bonds. The molecule has 1 aliphatic rings. The zero-order valence-electron chi connectivity index (χ0n) is 12.7. The van der Waals surface area contributed by atoms with Crippen molar-refractivity contribution >= 4 is 27.3 Å². The minimum absolute atomic E-state index is 0.413. The number of nitrogens with one attached hydrogen (secondary N) is 1. The van der Waals surface area contributed by atoms with Crippen molar-refractivity contribution in [1.82, 2.24) is 5.32 Å². The molecule has 1 aliphatic heterocycles. The van der Waals surface area contributed by atoms with E-state index < -0.39 is 15.2 Å². The standard InChI is InChI=1S/C15H24N2O2S2/c1-3-8-16-11-13-6-4-5-7-14(13)17-9-10-20-12-15(17)21(2,18)19/h4-7,15-16H,3,8-12H2,1-2H3. The number of thioether (sulfide) groups is 1. The third-order valence-corrected chi connectivity index (χ3v) is 6.27. The van der Waals surface area contributed by atoms with Crippen LogP contribution in [0, 0.1) is 0 Å². The largest absolute Gasteiger partial charge is 0.353 e. The van der Waals surface area contributed by atoms with E-state index in [0.29, 0.717) is 5.75 Å². The van der Waals surface area contributed by atoms with Gasteiger partial charge in [0.2, 0.25) is 0 Å². The summed E-state index contributed by atoms with van der Waals surface area (Å²) in [4.78, 5) is 2.06. The second-order valence-electron chi connectivity index (χ2n) is 5.36. The van der Waals surface area contributed by atoms with Crippen LogP contribution in [0.5, 0.6) is 0 Å². The van der Waals surface area contributed by atoms with Crippen LogP contribution < -0.4 is 10.2 Å². The number of benzene rings is 1. The van der Waals surface area contributed by atoms with Crippen LogP contribution in [0.2, 0.25) is 0 Å². The van der Waals surface area contributed by atoms with E-state index in [1.165, 1.54) is 11.8 Å². The normalized spacial score (nSPS) is 19.7. The fourth-order valence-electron chi connectivity index (χ4n) is 2.55. The summed E-state index contributed by atoms with van der Waals surface area (Å²) in [5, 5.41) is 2.99. The third-order valence-electron chi connectivity index (χ3n) is 3.62. The van der Waals surface area contributed by atoms with Crippen molar-refractivity contribution in [1.29, 1.82) is 0 Å². The Bertz CT molecular complexity index is 561. The van der Waals surface area contributed by atoms with Crippen LogP contribution in [0.3, 0.4) is 0 Å². The number of sulfone groups is 1. The minimum Gasteiger partial charge on any atom is -0.353 e. The van der Waals surface area contributed by atoms with Crippen LogP contribution >= 0.6 is 11.8 Å². The predicted molar refractivity (Wildman–Crippen MR) is 91.7 cm³/mol. The molecule has 1 aromatic rings. The molecule has 0 spiro atoms. The van der Waals surface area contributed by atoms with Crippen LogP contribution in [0.1, 0.15) is 18.9 Å². The second-order valence-corrected chi connectivity index (χ2v) is 8.71. The summed E-state index contributed by atoms with van der Waals surface area (Å²) in [7, 11) is -3.08. The monoisotopic (exact) mass is 328 g/mol.